The van der Waals surface area contributed by atoms with Gasteiger partial charge in [-0.2, -0.15) is 0 Å². The fraction of sp³-hybridized carbons (Fsp3) is 0.621. The van der Waals surface area contributed by atoms with Crippen LogP contribution in [-0.4, -0.2) is 46.5 Å². The molecule has 0 unspecified atom stereocenters. The zero-order valence-corrected chi connectivity index (χ0v) is 22.7. The molecule has 0 spiro atoms. The fourth-order valence-corrected chi connectivity index (χ4v) is 8.16. The van der Waals surface area contributed by atoms with E-state index in [1.54, 1.807) is 30.6 Å². The minimum atomic E-state index is -0.956. The van der Waals surface area contributed by atoms with E-state index in [4.69, 9.17) is 19.0 Å². The molecule has 2 saturated carbocycles. The number of nitrogens with zero attached hydrogens (tertiary/aromatic N) is 3. The highest BCUT2D eigenvalue weighted by Crippen LogP contribution is 2.47. The summed E-state index contributed by atoms with van der Waals surface area (Å²) in [4.78, 5) is 19.0. The number of aromatic nitrogens is 2. The lowest BCUT2D eigenvalue weighted by Gasteiger charge is -2.38. The number of ether oxygens (including phenoxy) is 2. The van der Waals surface area contributed by atoms with Crippen molar-refractivity contribution in [3.8, 4) is 5.75 Å². The van der Waals surface area contributed by atoms with Crippen molar-refractivity contribution in [2.24, 2.45) is 0 Å². The van der Waals surface area contributed by atoms with E-state index in [-0.39, 0.29) is 11.7 Å². The summed E-state index contributed by atoms with van der Waals surface area (Å²) >= 11 is 1.56. The van der Waals surface area contributed by atoms with Crippen molar-refractivity contribution in [2.75, 3.05) is 12.0 Å². The number of carbonyl (C=O) groups is 1. The minimum Gasteiger partial charge on any atom is -0.494 e. The molecule has 2 bridgehead atoms. The molecule has 2 aliphatic carbocycles. The normalized spacial score (nSPS) is 25.8. The summed E-state index contributed by atoms with van der Waals surface area (Å²) in [7, 11) is 1.57. The van der Waals surface area contributed by atoms with E-state index in [0.29, 0.717) is 36.3 Å². The van der Waals surface area contributed by atoms with Crippen molar-refractivity contribution < 1.29 is 23.9 Å². The Balaban J connectivity index is 1.08. The van der Waals surface area contributed by atoms with Gasteiger partial charge in [-0.05, 0) is 63.5 Å². The van der Waals surface area contributed by atoms with Crippen molar-refractivity contribution >= 4 is 32.7 Å². The maximum atomic E-state index is 11.6. The van der Waals surface area contributed by atoms with Crippen LogP contribution in [0.15, 0.2) is 16.7 Å². The van der Waals surface area contributed by atoms with Crippen LogP contribution in [0.4, 0.5) is 5.13 Å². The second kappa shape index (κ2) is 9.83. The van der Waals surface area contributed by atoms with Crippen molar-refractivity contribution in [3.63, 3.8) is 0 Å². The summed E-state index contributed by atoms with van der Waals surface area (Å²) in [6.07, 6.45) is 13.2. The lowest BCUT2D eigenvalue weighted by atomic mass is 9.85. The number of hydrogen-bond donors (Lipinski definition) is 1. The molecule has 0 radical (unpaired) electrons. The maximum Gasteiger partial charge on any atom is 0.335 e. The Bertz CT molecular complexity index is 1330. The quantitative estimate of drug-likeness (QED) is 0.342. The molecule has 202 valence electrons. The van der Waals surface area contributed by atoms with E-state index >= 15 is 0 Å². The molecule has 0 amide bonds. The zero-order chi connectivity index (χ0) is 25.8. The summed E-state index contributed by atoms with van der Waals surface area (Å²) in [6.45, 7) is 0.613. The van der Waals surface area contributed by atoms with E-state index < -0.39 is 5.97 Å². The fourth-order valence-electron chi connectivity index (χ4n) is 7.00. The van der Waals surface area contributed by atoms with Gasteiger partial charge in [-0.15, -0.1) is 0 Å². The number of carboxylic acids is 1. The van der Waals surface area contributed by atoms with Gasteiger partial charge in [-0.3, -0.25) is 0 Å². The molecule has 3 aromatic rings. The van der Waals surface area contributed by atoms with E-state index in [2.05, 4.69) is 10.1 Å². The molecular formula is C29H35N3O5S. The lowest BCUT2D eigenvalue weighted by Crippen LogP contribution is -2.45. The van der Waals surface area contributed by atoms with Crippen LogP contribution in [0.1, 0.15) is 110 Å². The maximum absolute atomic E-state index is 11.6. The third-order valence-corrected chi connectivity index (χ3v) is 10.1. The van der Waals surface area contributed by atoms with Gasteiger partial charge in [0.1, 0.15) is 17.0 Å². The first-order chi connectivity index (χ1) is 18.6. The first-order valence-corrected chi connectivity index (χ1v) is 15.0. The zero-order valence-electron chi connectivity index (χ0n) is 21.9. The van der Waals surface area contributed by atoms with Gasteiger partial charge < -0.3 is 24.0 Å². The van der Waals surface area contributed by atoms with Crippen LogP contribution < -0.4 is 9.64 Å². The van der Waals surface area contributed by atoms with E-state index in [0.717, 1.165) is 46.8 Å². The average Bonchev–Trinajstić information content (AvgIpc) is 3.44. The van der Waals surface area contributed by atoms with Crippen LogP contribution in [0.25, 0.3) is 10.2 Å². The number of methoxy groups -OCH3 is 1. The molecule has 1 N–H and O–H groups in total. The second-order valence-electron chi connectivity index (χ2n) is 11.5. The smallest absolute Gasteiger partial charge is 0.335 e. The van der Waals surface area contributed by atoms with Gasteiger partial charge in [0.05, 0.1) is 35.8 Å². The number of rotatable bonds is 8. The molecule has 9 heteroatoms. The Labute approximate surface area is 226 Å². The number of thiazole rings is 1. The Morgan fingerprint density at radius 1 is 1.08 bits per heavy atom. The Morgan fingerprint density at radius 3 is 2.53 bits per heavy atom. The number of fused-ring (bicyclic) bond motifs is 3. The van der Waals surface area contributed by atoms with Crippen LogP contribution in [0.3, 0.4) is 0 Å². The Morgan fingerprint density at radius 2 is 1.84 bits per heavy atom. The second-order valence-corrected chi connectivity index (χ2v) is 12.6. The molecule has 4 heterocycles. The molecule has 3 atom stereocenters. The Hall–Kier alpha value is -2.65. The molecule has 4 fully saturated rings. The molecule has 7 rings (SSSR count). The first kappa shape index (κ1) is 24.4. The van der Waals surface area contributed by atoms with Gasteiger partial charge in [0, 0.05) is 29.5 Å². The van der Waals surface area contributed by atoms with E-state index in [9.17, 15) is 9.90 Å². The molecule has 8 nitrogen and oxygen atoms in total. The van der Waals surface area contributed by atoms with Crippen LogP contribution in [0.5, 0.6) is 5.75 Å². The van der Waals surface area contributed by atoms with E-state index in [1.165, 1.54) is 56.2 Å². The van der Waals surface area contributed by atoms with Crippen LogP contribution in [-0.2, 0) is 11.3 Å². The highest BCUT2D eigenvalue weighted by Gasteiger charge is 2.43. The largest absolute Gasteiger partial charge is 0.494 e. The van der Waals surface area contributed by atoms with Crippen molar-refractivity contribution in [3.05, 3.63) is 34.7 Å². The highest BCUT2D eigenvalue weighted by molar-refractivity contribution is 7.22. The summed E-state index contributed by atoms with van der Waals surface area (Å²) in [6, 6.07) is 4.03. The number of anilines is 1. The van der Waals surface area contributed by atoms with Gasteiger partial charge in [-0.25, -0.2) is 9.78 Å². The third-order valence-electron chi connectivity index (χ3n) is 9.08. The number of aromatic carboxylic acids is 1. The SMILES string of the molecule is COc1cc(C(=O)O)cc2sc(N3[C@@H]4CC[C@H]3C[C@@H](OCc3c(C5CCCCC5)noc3C3CC3)C4)nc12. The van der Waals surface area contributed by atoms with Crippen molar-refractivity contribution in [1.82, 2.24) is 10.1 Å². The molecule has 2 aromatic heterocycles. The standard InChI is InChI=1S/C29H35N3O5S/c1-35-23-11-18(28(33)34)12-24-26(23)30-29(38-24)32-19-9-10-20(32)14-21(13-19)36-15-22-25(16-5-3-2-4-6-16)31-37-27(22)17-7-8-17/h11-12,16-17,19-21H,2-10,13-15H2,1H3,(H,33,34)/t19-,20+,21+. The van der Waals surface area contributed by atoms with Crippen molar-refractivity contribution in [2.45, 2.75) is 107 Å². The third kappa shape index (κ3) is 4.37. The molecular weight excluding hydrogens is 502 g/mol. The van der Waals surface area contributed by atoms with Gasteiger partial charge in [0.15, 0.2) is 5.13 Å². The average molecular weight is 538 g/mol. The number of carboxylic acid groups (broad SMARTS) is 1. The molecule has 1 aromatic carbocycles. The predicted molar refractivity (Wildman–Crippen MR) is 145 cm³/mol. The number of hydrogen-bond acceptors (Lipinski definition) is 8. The van der Waals surface area contributed by atoms with Crippen LogP contribution >= 0.6 is 11.3 Å². The van der Waals surface area contributed by atoms with E-state index in [1.807, 2.05) is 0 Å². The van der Waals surface area contributed by atoms with Gasteiger partial charge in [0.2, 0.25) is 0 Å². The molecule has 4 aliphatic rings. The molecule has 38 heavy (non-hydrogen) atoms. The highest BCUT2D eigenvalue weighted by atomic mass is 32.1. The molecule has 2 aliphatic heterocycles. The minimum absolute atomic E-state index is 0.215. The first-order valence-electron chi connectivity index (χ1n) is 14.2. The van der Waals surface area contributed by atoms with Crippen LogP contribution in [0, 0.1) is 0 Å². The summed E-state index contributed by atoms with van der Waals surface area (Å²) in [5.74, 6) is 1.71. The van der Waals surface area contributed by atoms with Gasteiger partial charge in [-0.1, -0.05) is 35.8 Å². The predicted octanol–water partition coefficient (Wildman–Crippen LogP) is 6.63. The monoisotopic (exact) mass is 537 g/mol. The van der Waals surface area contributed by atoms with Crippen molar-refractivity contribution in [1.29, 1.82) is 0 Å². The topological polar surface area (TPSA) is 97.9 Å². The molecule has 2 saturated heterocycles. The summed E-state index contributed by atoms with van der Waals surface area (Å²) in [5, 5.41) is 15.1. The number of piperidine rings is 1. The lowest BCUT2D eigenvalue weighted by molar-refractivity contribution is 0.0141. The Kier molecular flexibility index (Phi) is 6.31. The summed E-state index contributed by atoms with van der Waals surface area (Å²) in [5.41, 5.74) is 3.40. The van der Waals surface area contributed by atoms with Gasteiger partial charge in [0.25, 0.3) is 0 Å². The summed E-state index contributed by atoms with van der Waals surface area (Å²) < 4.78 is 18.9. The number of benzene rings is 1. The van der Waals surface area contributed by atoms with Crippen LogP contribution in [0.2, 0.25) is 0 Å². The van der Waals surface area contributed by atoms with Gasteiger partial charge >= 0.3 is 5.97 Å².